The third-order valence-corrected chi connectivity index (χ3v) is 2.53. The molecule has 6 nitrogen and oxygen atoms in total. The van der Waals surface area contributed by atoms with Gasteiger partial charge in [-0.1, -0.05) is 0 Å². The third-order valence-electron chi connectivity index (χ3n) is 2.53. The Labute approximate surface area is 103 Å². The highest BCUT2D eigenvalue weighted by Gasteiger charge is 2.84. The lowest BCUT2D eigenvalue weighted by molar-refractivity contribution is -0.178. The lowest BCUT2D eigenvalue weighted by Gasteiger charge is -2.17. The van der Waals surface area contributed by atoms with E-state index in [1.165, 1.54) is 13.8 Å². The normalized spacial score (nSPS) is 29.3. The zero-order valence-corrected chi connectivity index (χ0v) is 10.4. The molecule has 0 N–H and O–H groups in total. The number of hydrogen-bond acceptors (Lipinski definition) is 6. The highest BCUT2D eigenvalue weighted by Crippen LogP contribution is 2.56. The van der Waals surface area contributed by atoms with Crippen LogP contribution in [0.3, 0.4) is 0 Å². The van der Waals surface area contributed by atoms with Crippen LogP contribution in [-0.4, -0.2) is 42.4 Å². The van der Waals surface area contributed by atoms with Crippen LogP contribution in [-0.2, 0) is 28.6 Å². The van der Waals surface area contributed by atoms with Gasteiger partial charge in [0.15, 0.2) is 0 Å². The third kappa shape index (κ3) is 2.16. The van der Waals surface area contributed by atoms with Crippen LogP contribution in [0.4, 0.5) is 4.39 Å². The first-order valence-electron chi connectivity index (χ1n) is 5.57. The van der Waals surface area contributed by atoms with E-state index in [1.807, 2.05) is 0 Å². The van der Waals surface area contributed by atoms with Crippen molar-refractivity contribution in [1.82, 2.24) is 0 Å². The number of hydrogen-bond donors (Lipinski definition) is 0. The lowest BCUT2D eigenvalue weighted by Crippen LogP contribution is -2.42. The summed E-state index contributed by atoms with van der Waals surface area (Å²) in [5, 5.41) is 0. The molecule has 2 atom stereocenters. The Morgan fingerprint density at radius 2 is 1.61 bits per heavy atom. The first-order valence-corrected chi connectivity index (χ1v) is 5.57. The molecule has 1 saturated carbocycles. The van der Waals surface area contributed by atoms with E-state index in [2.05, 4.69) is 14.2 Å². The molecule has 1 rings (SSSR count). The highest BCUT2D eigenvalue weighted by atomic mass is 19.1. The molecule has 0 amide bonds. The van der Waals surface area contributed by atoms with E-state index in [1.54, 1.807) is 0 Å². The predicted octanol–water partition coefficient (Wildman–Crippen LogP) is 0.526. The summed E-state index contributed by atoms with van der Waals surface area (Å²) in [4.78, 5) is 34.0. The fourth-order valence-electron chi connectivity index (χ4n) is 1.67. The second-order valence-electron chi connectivity index (χ2n) is 3.84. The van der Waals surface area contributed by atoms with Crippen molar-refractivity contribution in [1.29, 1.82) is 0 Å². The first kappa shape index (κ1) is 14.4. The van der Waals surface area contributed by atoms with Gasteiger partial charge in [-0.25, -0.2) is 14.0 Å². The molecular weight excluding hydrogens is 247 g/mol. The summed E-state index contributed by atoms with van der Waals surface area (Å²) in [6.45, 7) is 3.99. The van der Waals surface area contributed by atoms with E-state index in [9.17, 15) is 18.8 Å². The summed E-state index contributed by atoms with van der Waals surface area (Å²) in [7, 11) is 0. The molecule has 0 radical (unpaired) electrons. The monoisotopic (exact) mass is 262 g/mol. The summed E-state index contributed by atoms with van der Waals surface area (Å²) in [5.41, 5.74) is -4.85. The van der Waals surface area contributed by atoms with Gasteiger partial charge in [0.1, 0.15) is 0 Å². The zero-order valence-electron chi connectivity index (χ0n) is 10.4. The van der Waals surface area contributed by atoms with Gasteiger partial charge in [-0.2, -0.15) is 0 Å². The molecule has 0 bridgehead atoms. The van der Waals surface area contributed by atoms with E-state index >= 15 is 0 Å². The van der Waals surface area contributed by atoms with E-state index < -0.39 is 35.6 Å². The standard InChI is InChI=1S/C11H15FO6/c1-4-16-8(14)10(12)6-11(10,18-7(3)13)9(15)17-5-2/h4-6H2,1-3H3. The Balaban J connectivity index is 2.94. The topological polar surface area (TPSA) is 78.9 Å². The minimum Gasteiger partial charge on any atom is -0.463 e. The molecule has 102 valence electrons. The smallest absolute Gasteiger partial charge is 0.354 e. The molecule has 7 heteroatoms. The quantitative estimate of drug-likeness (QED) is 0.531. The number of carbonyl (C=O) groups excluding carboxylic acids is 3. The number of rotatable bonds is 5. The second-order valence-corrected chi connectivity index (χ2v) is 3.84. The van der Waals surface area contributed by atoms with Crippen LogP contribution in [0.1, 0.15) is 27.2 Å². The van der Waals surface area contributed by atoms with Gasteiger partial charge in [-0.3, -0.25) is 4.79 Å². The molecule has 0 aromatic heterocycles. The van der Waals surface area contributed by atoms with E-state index in [0.717, 1.165) is 6.92 Å². The lowest BCUT2D eigenvalue weighted by atomic mass is 10.2. The number of halogens is 1. The van der Waals surface area contributed by atoms with Gasteiger partial charge >= 0.3 is 17.9 Å². The van der Waals surface area contributed by atoms with Crippen LogP contribution < -0.4 is 0 Å². The maximum atomic E-state index is 14.3. The Kier molecular flexibility index (Phi) is 3.93. The molecule has 0 saturated heterocycles. The van der Waals surface area contributed by atoms with Crippen LogP contribution in [0.5, 0.6) is 0 Å². The molecule has 1 fully saturated rings. The Bertz CT molecular complexity index is 382. The Morgan fingerprint density at radius 1 is 1.11 bits per heavy atom. The largest absolute Gasteiger partial charge is 0.463 e. The molecule has 0 aliphatic heterocycles. The summed E-state index contributed by atoms with van der Waals surface area (Å²) in [6.07, 6.45) is -0.572. The fourth-order valence-corrected chi connectivity index (χ4v) is 1.67. The highest BCUT2D eigenvalue weighted by molar-refractivity contribution is 6.01. The zero-order chi connectivity index (χ0) is 14.0. The SMILES string of the molecule is CCOC(=O)C1(F)CC1(OC(C)=O)C(=O)OCC. The minimum absolute atomic E-state index is 0.0131. The molecule has 18 heavy (non-hydrogen) atoms. The van der Waals surface area contributed by atoms with Crippen molar-refractivity contribution in [3.05, 3.63) is 0 Å². The number of alkyl halides is 1. The van der Waals surface area contributed by atoms with Crippen molar-refractivity contribution in [2.75, 3.05) is 13.2 Å². The average Bonchev–Trinajstić information content (AvgIpc) is 2.86. The fraction of sp³-hybridized carbons (Fsp3) is 0.727. The van der Waals surface area contributed by atoms with E-state index in [4.69, 9.17) is 0 Å². The predicted molar refractivity (Wildman–Crippen MR) is 56.2 cm³/mol. The summed E-state index contributed by atoms with van der Waals surface area (Å²) in [6, 6.07) is 0. The minimum atomic E-state index is -2.65. The van der Waals surface area contributed by atoms with Crippen molar-refractivity contribution < 1.29 is 33.0 Å². The van der Waals surface area contributed by atoms with Gasteiger partial charge < -0.3 is 14.2 Å². The molecule has 1 aliphatic rings. The Morgan fingerprint density at radius 3 is 2.06 bits per heavy atom. The summed E-state index contributed by atoms with van der Waals surface area (Å²) in [5.74, 6) is -3.16. The molecule has 0 heterocycles. The first-order chi connectivity index (χ1) is 8.34. The van der Waals surface area contributed by atoms with Crippen molar-refractivity contribution in [3.8, 4) is 0 Å². The van der Waals surface area contributed by atoms with Gasteiger partial charge in [0, 0.05) is 6.92 Å². The molecule has 0 aromatic carbocycles. The molecule has 0 spiro atoms. The van der Waals surface area contributed by atoms with Crippen molar-refractivity contribution >= 4 is 17.9 Å². The van der Waals surface area contributed by atoms with Crippen LogP contribution in [0.25, 0.3) is 0 Å². The molecule has 0 aromatic rings. The number of esters is 3. The van der Waals surface area contributed by atoms with Crippen LogP contribution in [0.2, 0.25) is 0 Å². The van der Waals surface area contributed by atoms with Gasteiger partial charge in [0.25, 0.3) is 11.3 Å². The van der Waals surface area contributed by atoms with Crippen LogP contribution in [0.15, 0.2) is 0 Å². The number of ether oxygens (including phenoxy) is 3. The molecule has 2 unspecified atom stereocenters. The van der Waals surface area contributed by atoms with Crippen molar-refractivity contribution in [3.63, 3.8) is 0 Å². The van der Waals surface area contributed by atoms with Crippen molar-refractivity contribution in [2.24, 2.45) is 0 Å². The van der Waals surface area contributed by atoms with Gasteiger partial charge in [-0.05, 0) is 13.8 Å². The van der Waals surface area contributed by atoms with E-state index in [-0.39, 0.29) is 13.2 Å². The van der Waals surface area contributed by atoms with E-state index in [0.29, 0.717) is 0 Å². The maximum Gasteiger partial charge on any atom is 0.354 e. The second kappa shape index (κ2) is 4.91. The van der Waals surface area contributed by atoms with Gasteiger partial charge in [0.05, 0.1) is 19.6 Å². The van der Waals surface area contributed by atoms with Gasteiger partial charge in [-0.15, -0.1) is 0 Å². The van der Waals surface area contributed by atoms with Crippen LogP contribution in [0, 0.1) is 0 Å². The van der Waals surface area contributed by atoms with Crippen LogP contribution >= 0.6 is 0 Å². The molecule has 1 aliphatic carbocycles. The average molecular weight is 262 g/mol. The maximum absolute atomic E-state index is 14.3. The molecular formula is C11H15FO6. The summed E-state index contributed by atoms with van der Waals surface area (Å²) >= 11 is 0. The van der Waals surface area contributed by atoms with Gasteiger partial charge in [0.2, 0.25) is 0 Å². The summed E-state index contributed by atoms with van der Waals surface area (Å²) < 4.78 is 28.1. The number of carbonyl (C=O) groups is 3. The Hall–Kier alpha value is -1.66. The van der Waals surface area contributed by atoms with Crippen molar-refractivity contribution in [2.45, 2.75) is 38.5 Å².